The second-order valence-electron chi connectivity index (χ2n) is 16.1. The summed E-state index contributed by atoms with van der Waals surface area (Å²) in [7, 11) is 0. The van der Waals surface area contributed by atoms with E-state index >= 15 is 0 Å². The Labute approximate surface area is 366 Å². The van der Waals surface area contributed by atoms with E-state index in [-0.39, 0.29) is 0 Å². The SMILES string of the molecule is c1ccc(-c2cccc(-c3ccc(N(c4cccc(-c5ccccc5-n5c6ccccc6c6ccccc65)c4)c4ccccc4-c4cccc5c4oc4ccccc45)cc3)c2)cc1. The zero-order valence-electron chi connectivity index (χ0n) is 34.4. The minimum absolute atomic E-state index is 0.883. The highest BCUT2D eigenvalue weighted by atomic mass is 16.3. The van der Waals surface area contributed by atoms with Gasteiger partial charge in [-0.3, -0.25) is 0 Å². The summed E-state index contributed by atoms with van der Waals surface area (Å²) in [5.41, 5.74) is 17.6. The molecule has 3 heteroatoms. The van der Waals surface area contributed by atoms with Crippen molar-refractivity contribution in [3.63, 3.8) is 0 Å². The average molecular weight is 805 g/mol. The van der Waals surface area contributed by atoms with Crippen molar-refractivity contribution in [1.82, 2.24) is 4.57 Å². The Morgan fingerprint density at radius 2 is 0.857 bits per heavy atom. The number of aromatic nitrogens is 1. The maximum atomic E-state index is 6.66. The number of furan rings is 1. The Hall–Kier alpha value is -8.40. The second-order valence-corrected chi connectivity index (χ2v) is 16.1. The minimum atomic E-state index is 0.883. The fourth-order valence-corrected chi connectivity index (χ4v) is 9.50. The molecule has 0 unspecified atom stereocenters. The molecule has 12 aromatic rings. The number of anilines is 3. The van der Waals surface area contributed by atoms with Gasteiger partial charge in [0.15, 0.2) is 0 Å². The van der Waals surface area contributed by atoms with Crippen LogP contribution in [0.4, 0.5) is 17.1 Å². The van der Waals surface area contributed by atoms with Crippen LogP contribution in [-0.4, -0.2) is 4.57 Å². The van der Waals surface area contributed by atoms with E-state index in [0.29, 0.717) is 0 Å². The summed E-state index contributed by atoms with van der Waals surface area (Å²) in [5.74, 6) is 0. The van der Waals surface area contributed by atoms with Crippen LogP contribution < -0.4 is 4.90 Å². The molecule has 2 aromatic heterocycles. The lowest BCUT2D eigenvalue weighted by atomic mass is 9.97. The maximum Gasteiger partial charge on any atom is 0.143 e. The molecule has 2 heterocycles. The van der Waals surface area contributed by atoms with Gasteiger partial charge in [-0.2, -0.15) is 0 Å². The van der Waals surface area contributed by atoms with Gasteiger partial charge in [-0.15, -0.1) is 0 Å². The number of rotatable bonds is 8. The maximum absolute atomic E-state index is 6.66. The molecule has 0 bridgehead atoms. The highest BCUT2D eigenvalue weighted by molar-refractivity contribution is 6.11. The number of hydrogen-bond donors (Lipinski definition) is 0. The Bertz CT molecular complexity index is 3580. The van der Waals surface area contributed by atoms with Crippen LogP contribution in [0.2, 0.25) is 0 Å². The van der Waals surface area contributed by atoms with Crippen LogP contribution in [0.15, 0.2) is 247 Å². The number of para-hydroxylation sites is 6. The molecule has 0 aliphatic rings. The lowest BCUT2D eigenvalue weighted by Gasteiger charge is -2.28. The second kappa shape index (κ2) is 15.3. The van der Waals surface area contributed by atoms with Gasteiger partial charge < -0.3 is 13.9 Å². The standard InChI is InChI=1S/C60H40N2O/c1-2-17-41(18-3-1)43-19-14-20-44(39-43)42-35-37-46(38-36-42)61(56-31-10-7-26-51(56)53-28-16-29-54-52-27-8-13-34-59(52)63-60(53)54)47-22-15-21-45(40-47)48-23-4-9-30-55(48)62-57-32-11-5-24-49(57)50-25-6-12-33-58(50)62/h1-40H. The molecule has 0 saturated heterocycles. The third kappa shape index (κ3) is 6.29. The van der Waals surface area contributed by atoms with E-state index in [9.17, 15) is 0 Å². The summed E-state index contributed by atoms with van der Waals surface area (Å²) in [4.78, 5) is 2.40. The highest BCUT2D eigenvalue weighted by Gasteiger charge is 2.22. The number of hydrogen-bond acceptors (Lipinski definition) is 2. The van der Waals surface area contributed by atoms with Crippen molar-refractivity contribution in [2.45, 2.75) is 0 Å². The average Bonchev–Trinajstić information content (AvgIpc) is 3.91. The predicted octanol–water partition coefficient (Wildman–Crippen LogP) is 16.8. The van der Waals surface area contributed by atoms with Crippen molar-refractivity contribution in [1.29, 1.82) is 0 Å². The Balaban J connectivity index is 1.03. The summed E-state index contributed by atoms with van der Waals surface area (Å²) in [6.45, 7) is 0. The van der Waals surface area contributed by atoms with Crippen LogP contribution >= 0.6 is 0 Å². The summed E-state index contributed by atoms with van der Waals surface area (Å²) < 4.78 is 9.07. The van der Waals surface area contributed by atoms with Gasteiger partial charge in [0.2, 0.25) is 0 Å². The zero-order chi connectivity index (χ0) is 41.7. The fourth-order valence-electron chi connectivity index (χ4n) is 9.50. The molecule has 3 nitrogen and oxygen atoms in total. The Morgan fingerprint density at radius 3 is 1.63 bits per heavy atom. The van der Waals surface area contributed by atoms with Gasteiger partial charge >= 0.3 is 0 Å². The lowest BCUT2D eigenvalue weighted by Crippen LogP contribution is -2.11. The zero-order valence-corrected chi connectivity index (χ0v) is 34.4. The largest absolute Gasteiger partial charge is 0.455 e. The summed E-state index contributed by atoms with van der Waals surface area (Å²) >= 11 is 0. The van der Waals surface area contributed by atoms with Gasteiger partial charge in [0.25, 0.3) is 0 Å². The predicted molar refractivity (Wildman–Crippen MR) is 264 cm³/mol. The van der Waals surface area contributed by atoms with Crippen molar-refractivity contribution in [2.24, 2.45) is 0 Å². The highest BCUT2D eigenvalue weighted by Crippen LogP contribution is 2.46. The van der Waals surface area contributed by atoms with E-state index in [1.807, 2.05) is 6.07 Å². The monoisotopic (exact) mass is 804 g/mol. The van der Waals surface area contributed by atoms with Crippen molar-refractivity contribution < 1.29 is 4.42 Å². The molecular formula is C60H40N2O. The molecule has 0 radical (unpaired) electrons. The molecule has 0 N–H and O–H groups in total. The molecule has 0 amide bonds. The Kier molecular flexibility index (Phi) is 8.83. The number of nitrogens with zero attached hydrogens (tertiary/aromatic N) is 2. The van der Waals surface area contributed by atoms with Crippen LogP contribution in [0.25, 0.3) is 93.9 Å². The summed E-state index contributed by atoms with van der Waals surface area (Å²) in [5, 5.41) is 4.71. The van der Waals surface area contributed by atoms with Crippen LogP contribution in [0, 0.1) is 0 Å². The van der Waals surface area contributed by atoms with E-state index in [2.05, 4.69) is 246 Å². The molecule has 296 valence electrons. The molecule has 0 saturated carbocycles. The first-order valence-corrected chi connectivity index (χ1v) is 21.5. The molecular weight excluding hydrogens is 765 g/mol. The van der Waals surface area contributed by atoms with Gasteiger partial charge in [-0.25, -0.2) is 0 Å². The van der Waals surface area contributed by atoms with Crippen molar-refractivity contribution in [3.8, 4) is 50.2 Å². The first kappa shape index (κ1) is 36.5. The lowest BCUT2D eigenvalue weighted by molar-refractivity contribution is 0.670. The van der Waals surface area contributed by atoms with Crippen molar-refractivity contribution >= 4 is 60.8 Å². The summed E-state index contributed by atoms with van der Waals surface area (Å²) in [6, 6.07) is 87.1. The first-order chi connectivity index (χ1) is 31.3. The van der Waals surface area contributed by atoms with Gasteiger partial charge in [-0.05, 0) is 88.5 Å². The number of fused-ring (bicyclic) bond motifs is 6. The normalized spacial score (nSPS) is 11.5. The van der Waals surface area contributed by atoms with Crippen molar-refractivity contribution in [3.05, 3.63) is 243 Å². The van der Waals surface area contributed by atoms with Crippen molar-refractivity contribution in [2.75, 3.05) is 4.90 Å². The van der Waals surface area contributed by atoms with E-state index in [0.717, 1.165) is 72.5 Å². The molecule has 0 fully saturated rings. The van der Waals surface area contributed by atoms with E-state index in [1.165, 1.54) is 38.5 Å². The van der Waals surface area contributed by atoms with Gasteiger partial charge in [-0.1, -0.05) is 182 Å². The molecule has 0 spiro atoms. The van der Waals surface area contributed by atoms with Gasteiger partial charge in [0.1, 0.15) is 11.2 Å². The first-order valence-electron chi connectivity index (χ1n) is 21.5. The molecule has 10 aromatic carbocycles. The molecule has 0 aliphatic carbocycles. The molecule has 0 aliphatic heterocycles. The smallest absolute Gasteiger partial charge is 0.143 e. The van der Waals surface area contributed by atoms with Crippen LogP contribution in [0.1, 0.15) is 0 Å². The van der Waals surface area contributed by atoms with E-state index < -0.39 is 0 Å². The minimum Gasteiger partial charge on any atom is -0.455 e. The topological polar surface area (TPSA) is 21.3 Å². The van der Waals surface area contributed by atoms with Gasteiger partial charge in [0, 0.05) is 49.6 Å². The summed E-state index contributed by atoms with van der Waals surface area (Å²) in [6.07, 6.45) is 0. The van der Waals surface area contributed by atoms with Crippen LogP contribution in [-0.2, 0) is 0 Å². The van der Waals surface area contributed by atoms with E-state index in [4.69, 9.17) is 4.42 Å². The molecule has 0 atom stereocenters. The fraction of sp³-hybridized carbons (Fsp3) is 0. The van der Waals surface area contributed by atoms with Crippen LogP contribution in [0.3, 0.4) is 0 Å². The van der Waals surface area contributed by atoms with Gasteiger partial charge in [0.05, 0.1) is 22.4 Å². The number of benzene rings is 10. The third-order valence-electron chi connectivity index (χ3n) is 12.4. The van der Waals surface area contributed by atoms with Crippen LogP contribution in [0.5, 0.6) is 0 Å². The Morgan fingerprint density at radius 1 is 0.317 bits per heavy atom. The third-order valence-corrected chi connectivity index (χ3v) is 12.4. The quantitative estimate of drug-likeness (QED) is 0.153. The molecule has 12 rings (SSSR count). The molecule has 63 heavy (non-hydrogen) atoms. The van der Waals surface area contributed by atoms with E-state index in [1.54, 1.807) is 0 Å².